The van der Waals surface area contributed by atoms with Crippen molar-refractivity contribution in [2.45, 2.75) is 38.6 Å². The summed E-state index contributed by atoms with van der Waals surface area (Å²) in [7, 11) is 3.95. The molecule has 1 N–H and O–H groups in total. The van der Waals surface area contributed by atoms with Crippen LogP contribution in [0.4, 0.5) is 0 Å². The molecule has 3 heterocycles. The Hall–Kier alpha value is -1.89. The number of amides is 2. The number of hydrogen-bond donors (Lipinski definition) is 1. The van der Waals surface area contributed by atoms with Gasteiger partial charge >= 0.3 is 0 Å². The number of aromatic nitrogens is 2. The van der Waals surface area contributed by atoms with Crippen molar-refractivity contribution in [3.8, 4) is 0 Å². The quantitative estimate of drug-likeness (QED) is 0.853. The van der Waals surface area contributed by atoms with Gasteiger partial charge in [-0.25, -0.2) is 4.98 Å². The predicted molar refractivity (Wildman–Crippen MR) is 95.4 cm³/mol. The molecule has 3 rings (SSSR count). The number of likely N-dealkylation sites (tertiary alicyclic amines) is 1. The molecule has 0 bridgehead atoms. The molecule has 0 saturated carbocycles. The third kappa shape index (κ3) is 4.21. The van der Waals surface area contributed by atoms with E-state index in [1.807, 2.05) is 28.5 Å². The maximum Gasteiger partial charge on any atom is 0.271 e. The first-order valence-electron chi connectivity index (χ1n) is 9.32. The number of likely N-dealkylation sites (N-methyl/N-ethyl adjacent to an activating group) is 1. The molecule has 0 radical (unpaired) electrons. The van der Waals surface area contributed by atoms with Gasteiger partial charge < -0.3 is 19.7 Å². The van der Waals surface area contributed by atoms with Crippen LogP contribution >= 0.6 is 0 Å². The Bertz CT molecular complexity index is 619. The molecule has 1 aromatic rings. The van der Waals surface area contributed by atoms with Crippen molar-refractivity contribution in [1.82, 2.24) is 24.7 Å². The zero-order chi connectivity index (χ0) is 17.8. The van der Waals surface area contributed by atoms with Crippen molar-refractivity contribution in [3.63, 3.8) is 0 Å². The number of rotatable bonds is 5. The lowest BCUT2D eigenvalue weighted by atomic mass is 9.94. The minimum Gasteiger partial charge on any atom is -0.349 e. The smallest absolute Gasteiger partial charge is 0.271 e. The monoisotopic (exact) mass is 347 g/mol. The van der Waals surface area contributed by atoms with Crippen molar-refractivity contribution in [2.24, 2.45) is 5.92 Å². The lowest BCUT2D eigenvalue weighted by Gasteiger charge is -2.32. The largest absolute Gasteiger partial charge is 0.349 e. The highest BCUT2D eigenvalue weighted by atomic mass is 16.2. The van der Waals surface area contributed by atoms with Crippen LogP contribution in [0, 0.1) is 5.92 Å². The van der Waals surface area contributed by atoms with Crippen LogP contribution in [-0.2, 0) is 17.8 Å². The lowest BCUT2D eigenvalue weighted by molar-refractivity contribution is -0.137. The highest BCUT2D eigenvalue weighted by Gasteiger charge is 2.31. The Morgan fingerprint density at radius 1 is 1.28 bits per heavy atom. The molecule has 2 amide bonds. The van der Waals surface area contributed by atoms with Gasteiger partial charge in [0.15, 0.2) is 0 Å². The van der Waals surface area contributed by atoms with Crippen LogP contribution in [0.15, 0.2) is 6.33 Å². The molecule has 1 unspecified atom stereocenters. The maximum atomic E-state index is 12.7. The summed E-state index contributed by atoms with van der Waals surface area (Å²) < 4.78 is 2.00. The van der Waals surface area contributed by atoms with E-state index in [1.54, 1.807) is 6.33 Å². The third-order valence-corrected chi connectivity index (χ3v) is 5.17. The molecule has 0 aromatic carbocycles. The summed E-state index contributed by atoms with van der Waals surface area (Å²) in [5.41, 5.74) is 1.48. The van der Waals surface area contributed by atoms with Gasteiger partial charge in [0.2, 0.25) is 5.91 Å². The number of carbonyl (C=O) groups is 2. The van der Waals surface area contributed by atoms with Crippen LogP contribution in [0.5, 0.6) is 0 Å². The standard InChI is InChI=1S/C18H29N5O2/c1-21(2)11-8-19-17(24)16-15-7-6-14(12-23(15)13-20-16)18(25)22-9-4-3-5-10-22/h13-14H,3-12H2,1-2H3,(H,19,24). The van der Waals surface area contributed by atoms with Crippen LogP contribution < -0.4 is 5.32 Å². The molecule has 0 spiro atoms. The van der Waals surface area contributed by atoms with Crippen LogP contribution in [0.25, 0.3) is 0 Å². The summed E-state index contributed by atoms with van der Waals surface area (Å²) in [5.74, 6) is 0.178. The minimum absolute atomic E-state index is 0.0180. The molecule has 2 aliphatic rings. The van der Waals surface area contributed by atoms with Gasteiger partial charge in [-0.15, -0.1) is 0 Å². The molecular weight excluding hydrogens is 318 g/mol. The van der Waals surface area contributed by atoms with E-state index in [2.05, 4.69) is 10.3 Å². The van der Waals surface area contributed by atoms with Gasteiger partial charge in [-0.3, -0.25) is 9.59 Å². The first kappa shape index (κ1) is 17.9. The Labute approximate surface area is 149 Å². The van der Waals surface area contributed by atoms with E-state index in [0.717, 1.165) is 51.0 Å². The molecule has 7 heteroatoms. The second kappa shape index (κ2) is 7.99. The summed E-state index contributed by atoms with van der Waals surface area (Å²) in [4.78, 5) is 33.4. The normalized spacial score (nSPS) is 20.4. The summed E-state index contributed by atoms with van der Waals surface area (Å²) in [6.07, 6.45) is 6.72. The van der Waals surface area contributed by atoms with E-state index in [-0.39, 0.29) is 17.7 Å². The van der Waals surface area contributed by atoms with Crippen LogP contribution in [0.3, 0.4) is 0 Å². The molecule has 138 valence electrons. The summed E-state index contributed by atoms with van der Waals surface area (Å²) in [5, 5.41) is 2.92. The highest BCUT2D eigenvalue weighted by molar-refractivity contribution is 5.93. The van der Waals surface area contributed by atoms with Gasteiger partial charge in [-0.2, -0.15) is 0 Å². The fourth-order valence-electron chi connectivity index (χ4n) is 3.71. The molecule has 1 atom stereocenters. The third-order valence-electron chi connectivity index (χ3n) is 5.17. The van der Waals surface area contributed by atoms with Crippen molar-refractivity contribution >= 4 is 11.8 Å². The molecule has 25 heavy (non-hydrogen) atoms. The maximum absolute atomic E-state index is 12.7. The summed E-state index contributed by atoms with van der Waals surface area (Å²) in [6, 6.07) is 0. The minimum atomic E-state index is -0.114. The zero-order valence-electron chi connectivity index (χ0n) is 15.3. The summed E-state index contributed by atoms with van der Waals surface area (Å²) in [6.45, 7) is 3.84. The fourth-order valence-corrected chi connectivity index (χ4v) is 3.71. The zero-order valence-corrected chi connectivity index (χ0v) is 15.3. The number of piperidine rings is 1. The second-order valence-corrected chi connectivity index (χ2v) is 7.37. The molecule has 1 fully saturated rings. The Kier molecular flexibility index (Phi) is 5.73. The van der Waals surface area contributed by atoms with E-state index in [1.165, 1.54) is 6.42 Å². The first-order chi connectivity index (χ1) is 12.1. The molecule has 2 aliphatic heterocycles. The van der Waals surface area contributed by atoms with Crippen LogP contribution in [0.1, 0.15) is 41.9 Å². The number of carbonyl (C=O) groups excluding carboxylic acids is 2. The number of nitrogens with zero attached hydrogens (tertiary/aromatic N) is 4. The number of hydrogen-bond acceptors (Lipinski definition) is 4. The number of nitrogens with one attached hydrogen (secondary N) is 1. The van der Waals surface area contributed by atoms with Gasteiger partial charge in [0.1, 0.15) is 5.69 Å². The van der Waals surface area contributed by atoms with E-state index in [4.69, 9.17) is 0 Å². The predicted octanol–water partition coefficient (Wildman–Crippen LogP) is 0.749. The van der Waals surface area contributed by atoms with Crippen molar-refractivity contribution < 1.29 is 9.59 Å². The average molecular weight is 347 g/mol. The van der Waals surface area contributed by atoms with E-state index >= 15 is 0 Å². The van der Waals surface area contributed by atoms with Gasteiger partial charge in [0.25, 0.3) is 5.91 Å². The van der Waals surface area contributed by atoms with Crippen LogP contribution in [-0.4, -0.2) is 71.4 Å². The Balaban J connectivity index is 1.60. The lowest BCUT2D eigenvalue weighted by Crippen LogP contribution is -2.42. The Morgan fingerprint density at radius 2 is 2.04 bits per heavy atom. The van der Waals surface area contributed by atoms with Crippen molar-refractivity contribution in [2.75, 3.05) is 40.3 Å². The topological polar surface area (TPSA) is 70.5 Å². The van der Waals surface area contributed by atoms with E-state index in [9.17, 15) is 9.59 Å². The molecule has 1 aromatic heterocycles. The fraction of sp³-hybridized carbons (Fsp3) is 0.722. The second-order valence-electron chi connectivity index (χ2n) is 7.37. The molecule has 0 aliphatic carbocycles. The molecule has 7 nitrogen and oxygen atoms in total. The SMILES string of the molecule is CN(C)CCNC(=O)c1ncn2c1CCC(C(=O)N1CCCCC1)C2. The highest BCUT2D eigenvalue weighted by Crippen LogP contribution is 2.25. The van der Waals surface area contributed by atoms with E-state index < -0.39 is 0 Å². The molecule has 1 saturated heterocycles. The van der Waals surface area contributed by atoms with Gasteiger partial charge in [0, 0.05) is 32.7 Å². The summed E-state index contributed by atoms with van der Waals surface area (Å²) >= 11 is 0. The van der Waals surface area contributed by atoms with Crippen LogP contribution in [0.2, 0.25) is 0 Å². The van der Waals surface area contributed by atoms with Gasteiger partial charge in [-0.05, 0) is 46.2 Å². The molecular formula is C18H29N5O2. The Morgan fingerprint density at radius 3 is 2.76 bits per heavy atom. The average Bonchev–Trinajstić information content (AvgIpc) is 3.04. The van der Waals surface area contributed by atoms with Gasteiger partial charge in [-0.1, -0.05) is 0 Å². The number of fused-ring (bicyclic) bond motifs is 1. The number of imidazole rings is 1. The van der Waals surface area contributed by atoms with E-state index in [0.29, 0.717) is 18.8 Å². The van der Waals surface area contributed by atoms with Crippen molar-refractivity contribution in [3.05, 3.63) is 17.7 Å². The van der Waals surface area contributed by atoms with Crippen molar-refractivity contribution in [1.29, 1.82) is 0 Å². The first-order valence-corrected chi connectivity index (χ1v) is 9.32. The van der Waals surface area contributed by atoms with Gasteiger partial charge in [0.05, 0.1) is 17.9 Å².